The van der Waals surface area contributed by atoms with E-state index in [4.69, 9.17) is 9.52 Å². The first-order chi connectivity index (χ1) is 7.90. The van der Waals surface area contributed by atoms with Crippen LogP contribution < -0.4 is 10.0 Å². The molecule has 0 fully saturated rings. The summed E-state index contributed by atoms with van der Waals surface area (Å²) in [6, 6.07) is 1.37. The van der Waals surface area contributed by atoms with Gasteiger partial charge < -0.3 is 14.8 Å². The number of hydrogen-bond donors (Lipinski definition) is 3. The molecular weight excluding hydrogens is 248 g/mol. The van der Waals surface area contributed by atoms with Crippen LogP contribution in [-0.4, -0.2) is 38.8 Å². The summed E-state index contributed by atoms with van der Waals surface area (Å²) in [6.07, 6.45) is 2.37. The van der Waals surface area contributed by atoms with Crippen molar-refractivity contribution < 1.29 is 22.7 Å². The molecule has 0 saturated heterocycles. The van der Waals surface area contributed by atoms with Crippen LogP contribution in [-0.2, 0) is 16.6 Å². The average Bonchev–Trinajstić information content (AvgIpc) is 2.63. The predicted molar refractivity (Wildman–Crippen MR) is 60.2 cm³/mol. The van der Waals surface area contributed by atoms with E-state index in [1.165, 1.54) is 12.3 Å². The maximum atomic E-state index is 10.7. The normalized spacial score (nSPS) is 11.6. The Balaban J connectivity index is 2.32. The molecule has 8 heteroatoms. The number of nitrogens with one attached hydrogen (secondary N) is 2. The zero-order valence-electron chi connectivity index (χ0n) is 9.26. The summed E-state index contributed by atoms with van der Waals surface area (Å²) in [6.45, 7) is 0.856. The van der Waals surface area contributed by atoms with Gasteiger partial charge in [0.25, 0.3) is 0 Å². The number of rotatable bonds is 7. The van der Waals surface area contributed by atoms with Gasteiger partial charge >= 0.3 is 5.97 Å². The third-order valence-corrected chi connectivity index (χ3v) is 2.66. The van der Waals surface area contributed by atoms with Crippen LogP contribution in [0.3, 0.4) is 0 Å². The Morgan fingerprint density at radius 3 is 2.76 bits per heavy atom. The van der Waals surface area contributed by atoms with E-state index < -0.39 is 16.0 Å². The van der Waals surface area contributed by atoms with Gasteiger partial charge in [-0.1, -0.05) is 0 Å². The molecule has 0 aliphatic rings. The zero-order chi connectivity index (χ0) is 12.9. The monoisotopic (exact) mass is 262 g/mol. The lowest BCUT2D eigenvalue weighted by molar-refractivity contribution is 0.0694. The van der Waals surface area contributed by atoms with E-state index in [2.05, 4.69) is 10.0 Å². The molecule has 1 aromatic rings. The highest BCUT2D eigenvalue weighted by Gasteiger charge is 2.12. The summed E-state index contributed by atoms with van der Waals surface area (Å²) >= 11 is 0. The van der Waals surface area contributed by atoms with E-state index in [1.54, 1.807) is 0 Å². The summed E-state index contributed by atoms with van der Waals surface area (Å²) < 4.78 is 28.8. The second-order valence-corrected chi connectivity index (χ2v) is 5.24. The van der Waals surface area contributed by atoms with E-state index in [9.17, 15) is 13.2 Å². The second-order valence-electron chi connectivity index (χ2n) is 3.41. The van der Waals surface area contributed by atoms with Gasteiger partial charge in [-0.25, -0.2) is 17.9 Å². The Morgan fingerprint density at radius 1 is 1.47 bits per heavy atom. The van der Waals surface area contributed by atoms with Gasteiger partial charge in [-0.05, 0) is 6.07 Å². The van der Waals surface area contributed by atoms with E-state index in [-0.39, 0.29) is 18.7 Å². The highest BCUT2D eigenvalue weighted by atomic mass is 32.2. The van der Waals surface area contributed by atoms with E-state index in [0.29, 0.717) is 12.3 Å². The molecule has 0 aliphatic heterocycles. The number of carboxylic acids is 1. The molecule has 0 radical (unpaired) electrons. The number of carboxylic acid groups (broad SMARTS) is 1. The number of sulfonamides is 1. The molecule has 0 bridgehead atoms. The Labute approximate surface area is 98.9 Å². The standard InChI is InChI=1S/C9H14N2O5S/c1-17(14,15)11-4-3-10-6-8-7(9(12)13)2-5-16-8/h2,5,10-11H,3-4,6H2,1H3,(H,12,13). The maximum Gasteiger partial charge on any atom is 0.339 e. The molecule has 17 heavy (non-hydrogen) atoms. The van der Waals surface area contributed by atoms with Crippen molar-refractivity contribution in [2.24, 2.45) is 0 Å². The van der Waals surface area contributed by atoms with Crippen LogP contribution in [0.25, 0.3) is 0 Å². The highest BCUT2D eigenvalue weighted by Crippen LogP contribution is 2.09. The fraction of sp³-hybridized carbons (Fsp3) is 0.444. The lowest BCUT2D eigenvalue weighted by Gasteiger charge is -2.04. The average molecular weight is 262 g/mol. The fourth-order valence-electron chi connectivity index (χ4n) is 1.19. The van der Waals surface area contributed by atoms with E-state index >= 15 is 0 Å². The number of hydrogen-bond acceptors (Lipinski definition) is 5. The first-order valence-corrected chi connectivity index (χ1v) is 6.74. The molecule has 1 aromatic heterocycles. The minimum atomic E-state index is -3.19. The molecule has 0 aliphatic carbocycles. The quantitative estimate of drug-likeness (QED) is 0.578. The van der Waals surface area contributed by atoms with Crippen LogP contribution >= 0.6 is 0 Å². The van der Waals surface area contributed by atoms with Crippen LogP contribution in [0.4, 0.5) is 0 Å². The van der Waals surface area contributed by atoms with Crippen molar-refractivity contribution in [2.45, 2.75) is 6.54 Å². The molecule has 0 unspecified atom stereocenters. The van der Waals surface area contributed by atoms with Crippen LogP contribution in [0.1, 0.15) is 16.1 Å². The van der Waals surface area contributed by atoms with E-state index in [1.807, 2.05) is 0 Å². The first kappa shape index (κ1) is 13.7. The predicted octanol–water partition coefficient (Wildman–Crippen LogP) is -0.383. The topological polar surface area (TPSA) is 109 Å². The third kappa shape index (κ3) is 4.98. The number of furan rings is 1. The second kappa shape index (κ2) is 5.80. The minimum absolute atomic E-state index is 0.105. The minimum Gasteiger partial charge on any atom is -0.478 e. The van der Waals surface area contributed by atoms with Gasteiger partial charge in [0.05, 0.1) is 19.1 Å². The first-order valence-electron chi connectivity index (χ1n) is 4.85. The van der Waals surface area contributed by atoms with Crippen LogP contribution in [0.15, 0.2) is 16.7 Å². The lowest BCUT2D eigenvalue weighted by atomic mass is 10.2. The zero-order valence-corrected chi connectivity index (χ0v) is 10.1. The van der Waals surface area contributed by atoms with Gasteiger partial charge in [0, 0.05) is 13.1 Å². The van der Waals surface area contributed by atoms with Crippen LogP contribution in [0.5, 0.6) is 0 Å². The number of aromatic carboxylic acids is 1. The Bertz CT molecular complexity index is 479. The number of carbonyl (C=O) groups is 1. The van der Waals surface area contributed by atoms with Gasteiger partial charge in [0.15, 0.2) is 0 Å². The molecule has 1 rings (SSSR count). The third-order valence-electron chi connectivity index (χ3n) is 1.93. The smallest absolute Gasteiger partial charge is 0.339 e. The Kier molecular flexibility index (Phi) is 4.67. The SMILES string of the molecule is CS(=O)(=O)NCCNCc1occc1C(=O)O. The van der Waals surface area contributed by atoms with Crippen LogP contribution in [0, 0.1) is 0 Å². The molecule has 0 saturated carbocycles. The maximum absolute atomic E-state index is 10.7. The van der Waals surface area contributed by atoms with Crippen molar-refractivity contribution in [3.8, 4) is 0 Å². The Morgan fingerprint density at radius 2 is 2.18 bits per heavy atom. The molecule has 1 heterocycles. The summed E-state index contributed by atoms with van der Waals surface area (Å²) in [4.78, 5) is 10.7. The van der Waals surface area contributed by atoms with Crippen molar-refractivity contribution >= 4 is 16.0 Å². The van der Waals surface area contributed by atoms with Gasteiger partial charge in [0.2, 0.25) is 10.0 Å². The van der Waals surface area contributed by atoms with Gasteiger partial charge in [-0.15, -0.1) is 0 Å². The summed E-state index contributed by atoms with van der Waals surface area (Å²) in [5.74, 6) is -0.735. The summed E-state index contributed by atoms with van der Waals surface area (Å²) in [5, 5.41) is 11.7. The molecule has 7 nitrogen and oxygen atoms in total. The molecule has 0 atom stereocenters. The van der Waals surface area contributed by atoms with Gasteiger partial charge in [0.1, 0.15) is 11.3 Å². The summed E-state index contributed by atoms with van der Waals surface area (Å²) in [7, 11) is -3.19. The molecule has 0 spiro atoms. The van der Waals surface area contributed by atoms with Crippen molar-refractivity contribution in [1.82, 2.24) is 10.0 Å². The van der Waals surface area contributed by atoms with Gasteiger partial charge in [-0.3, -0.25) is 0 Å². The lowest BCUT2D eigenvalue weighted by Crippen LogP contribution is -2.30. The van der Waals surface area contributed by atoms with Crippen molar-refractivity contribution in [2.75, 3.05) is 19.3 Å². The van der Waals surface area contributed by atoms with Gasteiger partial charge in [-0.2, -0.15) is 0 Å². The highest BCUT2D eigenvalue weighted by molar-refractivity contribution is 7.88. The molecule has 96 valence electrons. The molecule has 3 N–H and O–H groups in total. The van der Waals surface area contributed by atoms with Crippen molar-refractivity contribution in [3.63, 3.8) is 0 Å². The summed E-state index contributed by atoms with van der Waals surface area (Å²) in [5.41, 5.74) is 0.105. The largest absolute Gasteiger partial charge is 0.478 e. The molecular formula is C9H14N2O5S. The molecule has 0 aromatic carbocycles. The Hall–Kier alpha value is -1.38. The van der Waals surface area contributed by atoms with Crippen molar-refractivity contribution in [3.05, 3.63) is 23.7 Å². The van der Waals surface area contributed by atoms with Crippen molar-refractivity contribution in [1.29, 1.82) is 0 Å². The van der Waals surface area contributed by atoms with Crippen LogP contribution in [0.2, 0.25) is 0 Å². The van der Waals surface area contributed by atoms with E-state index in [0.717, 1.165) is 6.26 Å². The fourth-order valence-corrected chi connectivity index (χ4v) is 1.67. The molecule has 0 amide bonds.